The smallest absolute Gasteiger partial charge is 0.255 e. The number of carbonyl (C=O) groups excluding carboxylic acids is 2. The van der Waals surface area contributed by atoms with E-state index < -0.39 is 6.04 Å². The fourth-order valence-electron chi connectivity index (χ4n) is 3.69. The summed E-state index contributed by atoms with van der Waals surface area (Å²) in [5.41, 5.74) is 3.01. The Labute approximate surface area is 183 Å². The van der Waals surface area contributed by atoms with Gasteiger partial charge in [-0.1, -0.05) is 46.3 Å². The highest BCUT2D eigenvalue weighted by Crippen LogP contribution is 2.38. The standard InChI is InChI=1S/C24H21BrN2O3/c1-2-30-19-11-8-17(9-12-19)24(29)27-15-22(28)26-21-13-10-18(25)14-20(21)23(27)16-6-4-3-5-7-16/h3-14,23H,2,15H2,1H3,(H,26,28)/t23-/m1/s1. The van der Waals surface area contributed by atoms with Gasteiger partial charge in [0.15, 0.2) is 0 Å². The number of anilines is 1. The number of rotatable bonds is 4. The lowest BCUT2D eigenvalue weighted by Gasteiger charge is -2.30. The zero-order chi connectivity index (χ0) is 21.1. The van der Waals surface area contributed by atoms with Gasteiger partial charge in [0, 0.05) is 21.3 Å². The Morgan fingerprint density at radius 1 is 1.10 bits per heavy atom. The first-order chi connectivity index (χ1) is 14.6. The molecule has 0 spiro atoms. The maximum Gasteiger partial charge on any atom is 0.255 e. The monoisotopic (exact) mass is 464 g/mol. The van der Waals surface area contributed by atoms with Gasteiger partial charge in [-0.3, -0.25) is 9.59 Å². The van der Waals surface area contributed by atoms with Gasteiger partial charge >= 0.3 is 0 Å². The van der Waals surface area contributed by atoms with Crippen molar-refractivity contribution in [3.05, 3.63) is 94.0 Å². The molecular weight excluding hydrogens is 444 g/mol. The summed E-state index contributed by atoms with van der Waals surface area (Å²) in [5, 5.41) is 2.94. The van der Waals surface area contributed by atoms with Crippen molar-refractivity contribution in [1.82, 2.24) is 4.90 Å². The molecule has 2 amide bonds. The van der Waals surface area contributed by atoms with Crippen molar-refractivity contribution in [3.63, 3.8) is 0 Å². The summed E-state index contributed by atoms with van der Waals surface area (Å²) in [6.07, 6.45) is 0. The molecule has 3 aromatic rings. The minimum absolute atomic E-state index is 0.0437. The SMILES string of the molecule is CCOc1ccc(C(=O)N2CC(=O)Nc3ccc(Br)cc3[C@H]2c2ccccc2)cc1. The Morgan fingerprint density at radius 2 is 1.83 bits per heavy atom. The molecule has 1 atom stereocenters. The number of nitrogens with zero attached hydrogens (tertiary/aromatic N) is 1. The van der Waals surface area contributed by atoms with Crippen LogP contribution in [0.5, 0.6) is 5.75 Å². The number of hydrogen-bond donors (Lipinski definition) is 1. The number of ether oxygens (including phenoxy) is 1. The molecule has 0 aliphatic carbocycles. The van der Waals surface area contributed by atoms with Gasteiger partial charge in [-0.05, 0) is 55.0 Å². The minimum atomic E-state index is -0.406. The van der Waals surface area contributed by atoms with Gasteiger partial charge < -0.3 is 15.0 Å². The topological polar surface area (TPSA) is 58.6 Å². The molecule has 3 aromatic carbocycles. The molecule has 1 N–H and O–H groups in total. The predicted molar refractivity (Wildman–Crippen MR) is 120 cm³/mol. The van der Waals surface area contributed by atoms with Gasteiger partial charge in [0.1, 0.15) is 12.3 Å². The zero-order valence-corrected chi connectivity index (χ0v) is 18.1. The number of amides is 2. The highest BCUT2D eigenvalue weighted by Gasteiger charge is 2.34. The first-order valence-corrected chi connectivity index (χ1v) is 10.5. The van der Waals surface area contributed by atoms with Gasteiger partial charge in [0.25, 0.3) is 5.91 Å². The molecular formula is C24H21BrN2O3. The molecule has 0 bridgehead atoms. The second-order valence-corrected chi connectivity index (χ2v) is 7.90. The lowest BCUT2D eigenvalue weighted by molar-refractivity contribution is -0.117. The van der Waals surface area contributed by atoms with Crippen molar-refractivity contribution in [2.75, 3.05) is 18.5 Å². The molecule has 1 aliphatic rings. The highest BCUT2D eigenvalue weighted by molar-refractivity contribution is 9.10. The normalized spacial score (nSPS) is 15.7. The first kappa shape index (κ1) is 20.2. The van der Waals surface area contributed by atoms with Crippen LogP contribution < -0.4 is 10.1 Å². The third kappa shape index (κ3) is 4.09. The number of fused-ring (bicyclic) bond motifs is 1. The average Bonchev–Trinajstić information content (AvgIpc) is 2.90. The molecule has 1 aliphatic heterocycles. The number of benzene rings is 3. The molecule has 0 aromatic heterocycles. The molecule has 152 valence electrons. The molecule has 0 unspecified atom stereocenters. The Balaban J connectivity index is 1.81. The van der Waals surface area contributed by atoms with E-state index in [1.54, 1.807) is 29.2 Å². The van der Waals surface area contributed by atoms with Gasteiger partial charge in [0.05, 0.1) is 12.6 Å². The van der Waals surface area contributed by atoms with Crippen LogP contribution in [0.1, 0.15) is 34.5 Å². The molecule has 30 heavy (non-hydrogen) atoms. The summed E-state index contributed by atoms with van der Waals surface area (Å²) in [6.45, 7) is 2.42. The molecule has 6 heteroatoms. The van der Waals surface area contributed by atoms with E-state index in [4.69, 9.17) is 4.74 Å². The first-order valence-electron chi connectivity index (χ1n) is 9.75. The average molecular weight is 465 g/mol. The van der Waals surface area contributed by atoms with Crippen LogP contribution in [-0.4, -0.2) is 29.9 Å². The third-order valence-electron chi connectivity index (χ3n) is 5.00. The Bertz CT molecular complexity index is 1070. The number of carbonyl (C=O) groups is 2. The number of nitrogens with one attached hydrogen (secondary N) is 1. The van der Waals surface area contributed by atoms with E-state index >= 15 is 0 Å². The lowest BCUT2D eigenvalue weighted by atomic mass is 9.95. The van der Waals surface area contributed by atoms with Crippen molar-refractivity contribution in [3.8, 4) is 5.75 Å². The number of hydrogen-bond acceptors (Lipinski definition) is 3. The van der Waals surface area contributed by atoms with Crippen LogP contribution in [0.3, 0.4) is 0 Å². The quantitative estimate of drug-likeness (QED) is 0.588. The van der Waals surface area contributed by atoms with Gasteiger partial charge in [-0.15, -0.1) is 0 Å². The van der Waals surface area contributed by atoms with Gasteiger partial charge in [-0.2, -0.15) is 0 Å². The van der Waals surface area contributed by atoms with Crippen LogP contribution >= 0.6 is 15.9 Å². The molecule has 1 heterocycles. The van der Waals surface area contributed by atoms with Crippen LogP contribution in [0.25, 0.3) is 0 Å². The summed E-state index contributed by atoms with van der Waals surface area (Å²) in [7, 11) is 0. The predicted octanol–water partition coefficient (Wildman–Crippen LogP) is 5.03. The molecule has 0 radical (unpaired) electrons. The molecule has 0 fully saturated rings. The van der Waals surface area contributed by atoms with E-state index in [0.717, 1.165) is 15.6 Å². The molecule has 4 rings (SSSR count). The lowest BCUT2D eigenvalue weighted by Crippen LogP contribution is -2.39. The second kappa shape index (κ2) is 8.71. The van der Waals surface area contributed by atoms with E-state index in [1.165, 1.54) is 0 Å². The zero-order valence-electron chi connectivity index (χ0n) is 16.5. The Kier molecular flexibility index (Phi) is 5.86. The maximum absolute atomic E-state index is 13.5. The van der Waals surface area contributed by atoms with Crippen LogP contribution in [-0.2, 0) is 4.79 Å². The highest BCUT2D eigenvalue weighted by atomic mass is 79.9. The Morgan fingerprint density at radius 3 is 2.53 bits per heavy atom. The van der Waals surface area contributed by atoms with Crippen LogP contribution in [0, 0.1) is 0 Å². The fourth-order valence-corrected chi connectivity index (χ4v) is 4.07. The van der Waals surface area contributed by atoms with Crippen LogP contribution in [0.2, 0.25) is 0 Å². The van der Waals surface area contributed by atoms with E-state index in [2.05, 4.69) is 21.2 Å². The molecule has 5 nitrogen and oxygen atoms in total. The largest absolute Gasteiger partial charge is 0.494 e. The van der Waals surface area contributed by atoms with E-state index in [-0.39, 0.29) is 18.4 Å². The van der Waals surface area contributed by atoms with Gasteiger partial charge in [0.2, 0.25) is 5.91 Å². The van der Waals surface area contributed by atoms with Gasteiger partial charge in [-0.25, -0.2) is 0 Å². The maximum atomic E-state index is 13.5. The summed E-state index contributed by atoms with van der Waals surface area (Å²) in [6, 6.07) is 22.1. The van der Waals surface area contributed by atoms with E-state index in [0.29, 0.717) is 23.6 Å². The van der Waals surface area contributed by atoms with E-state index in [1.807, 2.05) is 55.5 Å². The van der Waals surface area contributed by atoms with Crippen molar-refractivity contribution in [2.24, 2.45) is 0 Å². The molecule has 0 saturated carbocycles. The van der Waals surface area contributed by atoms with Crippen LogP contribution in [0.4, 0.5) is 5.69 Å². The van der Waals surface area contributed by atoms with Crippen LogP contribution in [0.15, 0.2) is 77.3 Å². The number of halogens is 1. The fraction of sp³-hybridized carbons (Fsp3) is 0.167. The van der Waals surface area contributed by atoms with Crippen molar-refractivity contribution in [1.29, 1.82) is 0 Å². The van der Waals surface area contributed by atoms with E-state index in [9.17, 15) is 9.59 Å². The molecule has 0 saturated heterocycles. The summed E-state index contributed by atoms with van der Waals surface area (Å²) in [5.74, 6) is 0.266. The Hall–Kier alpha value is -3.12. The summed E-state index contributed by atoms with van der Waals surface area (Å²) in [4.78, 5) is 27.8. The van der Waals surface area contributed by atoms with Crippen molar-refractivity contribution < 1.29 is 14.3 Å². The summed E-state index contributed by atoms with van der Waals surface area (Å²) >= 11 is 3.53. The van der Waals surface area contributed by atoms with Crippen molar-refractivity contribution >= 4 is 33.4 Å². The minimum Gasteiger partial charge on any atom is -0.494 e. The summed E-state index contributed by atoms with van der Waals surface area (Å²) < 4.78 is 6.36. The van der Waals surface area contributed by atoms with Crippen molar-refractivity contribution in [2.45, 2.75) is 13.0 Å². The second-order valence-electron chi connectivity index (χ2n) is 6.98. The third-order valence-corrected chi connectivity index (χ3v) is 5.49.